The maximum Gasteiger partial charge on any atom is 0.174 e. The van der Waals surface area contributed by atoms with E-state index in [9.17, 15) is 0 Å². The van der Waals surface area contributed by atoms with Gasteiger partial charge in [0.25, 0.3) is 0 Å². The third-order valence-corrected chi connectivity index (χ3v) is 2.13. The SMILES string of the molecule is CCCC[CH]Oc1cccs1. The Morgan fingerprint density at radius 1 is 1.64 bits per heavy atom. The quantitative estimate of drug-likeness (QED) is 0.613. The maximum atomic E-state index is 5.34. The molecule has 0 unspecified atom stereocenters. The van der Waals surface area contributed by atoms with Crippen molar-refractivity contribution < 1.29 is 4.74 Å². The molecule has 0 aliphatic carbocycles. The zero-order chi connectivity index (χ0) is 7.94. The molecule has 1 aromatic rings. The fraction of sp³-hybridized carbons (Fsp3) is 0.444. The number of ether oxygens (including phenoxy) is 1. The predicted molar refractivity (Wildman–Crippen MR) is 48.8 cm³/mol. The van der Waals surface area contributed by atoms with Crippen molar-refractivity contribution in [3.8, 4) is 5.06 Å². The van der Waals surface area contributed by atoms with E-state index in [0.29, 0.717) is 0 Å². The molecule has 0 N–H and O–H groups in total. The van der Waals surface area contributed by atoms with E-state index in [-0.39, 0.29) is 0 Å². The molecule has 0 saturated heterocycles. The van der Waals surface area contributed by atoms with E-state index in [1.807, 2.05) is 24.1 Å². The second-order valence-corrected chi connectivity index (χ2v) is 3.27. The Labute approximate surface area is 72.0 Å². The first kappa shape index (κ1) is 8.60. The van der Waals surface area contributed by atoms with Crippen LogP contribution in [0.2, 0.25) is 0 Å². The minimum absolute atomic E-state index is 0.987. The summed E-state index contributed by atoms with van der Waals surface area (Å²) in [6.07, 6.45) is 3.49. The first-order valence-corrected chi connectivity index (χ1v) is 4.83. The molecule has 0 aliphatic heterocycles. The summed E-state index contributed by atoms with van der Waals surface area (Å²) < 4.78 is 5.34. The summed E-state index contributed by atoms with van der Waals surface area (Å²) in [6, 6.07) is 3.97. The molecule has 1 aromatic heterocycles. The monoisotopic (exact) mass is 169 g/mol. The zero-order valence-corrected chi connectivity index (χ0v) is 7.56. The summed E-state index contributed by atoms with van der Waals surface area (Å²) >= 11 is 1.63. The molecule has 1 heterocycles. The largest absolute Gasteiger partial charge is 0.477 e. The molecule has 1 nitrogen and oxygen atoms in total. The Balaban J connectivity index is 2.04. The van der Waals surface area contributed by atoms with E-state index in [1.54, 1.807) is 11.3 Å². The molecule has 0 saturated carbocycles. The van der Waals surface area contributed by atoms with E-state index in [1.165, 1.54) is 12.8 Å². The molecule has 1 rings (SSSR count). The van der Waals surface area contributed by atoms with Gasteiger partial charge in [0.2, 0.25) is 0 Å². The second kappa shape index (κ2) is 5.19. The van der Waals surface area contributed by atoms with Gasteiger partial charge in [0.05, 0.1) is 0 Å². The minimum Gasteiger partial charge on any atom is -0.477 e. The maximum absolute atomic E-state index is 5.34. The van der Waals surface area contributed by atoms with Gasteiger partial charge in [-0.15, -0.1) is 11.3 Å². The molecule has 0 aliphatic rings. The number of unbranched alkanes of at least 4 members (excludes halogenated alkanes) is 2. The summed E-state index contributed by atoms with van der Waals surface area (Å²) in [5.41, 5.74) is 0. The summed E-state index contributed by atoms with van der Waals surface area (Å²) in [5, 5.41) is 3.00. The molecule has 1 radical (unpaired) electrons. The van der Waals surface area contributed by atoms with E-state index < -0.39 is 0 Å². The van der Waals surface area contributed by atoms with Crippen LogP contribution in [0.4, 0.5) is 0 Å². The molecule has 61 valence electrons. The highest BCUT2D eigenvalue weighted by Crippen LogP contribution is 2.19. The highest BCUT2D eigenvalue weighted by atomic mass is 32.1. The van der Waals surface area contributed by atoms with Crippen molar-refractivity contribution in [1.82, 2.24) is 0 Å². The molecule has 0 bridgehead atoms. The van der Waals surface area contributed by atoms with Crippen LogP contribution in [0.5, 0.6) is 5.06 Å². The van der Waals surface area contributed by atoms with Crippen molar-refractivity contribution in [1.29, 1.82) is 0 Å². The van der Waals surface area contributed by atoms with Crippen molar-refractivity contribution >= 4 is 11.3 Å². The van der Waals surface area contributed by atoms with Crippen molar-refractivity contribution in [2.75, 3.05) is 0 Å². The summed E-state index contributed by atoms with van der Waals surface area (Å²) in [5.74, 6) is 0. The Morgan fingerprint density at radius 2 is 2.55 bits per heavy atom. The standard InChI is InChI=1S/C9H13OS/c1-2-3-4-7-10-9-6-5-8-11-9/h5-8H,2-4H2,1H3. The highest BCUT2D eigenvalue weighted by molar-refractivity contribution is 7.11. The van der Waals surface area contributed by atoms with Gasteiger partial charge in [0, 0.05) is 0 Å². The molecule has 0 spiro atoms. The van der Waals surface area contributed by atoms with E-state index >= 15 is 0 Å². The zero-order valence-electron chi connectivity index (χ0n) is 6.75. The smallest absolute Gasteiger partial charge is 0.174 e. The van der Waals surface area contributed by atoms with Crippen LogP contribution in [0.15, 0.2) is 17.5 Å². The van der Waals surface area contributed by atoms with Gasteiger partial charge in [0.1, 0.15) is 6.61 Å². The number of rotatable bonds is 5. The molecule has 0 fully saturated rings. The van der Waals surface area contributed by atoms with Crippen molar-refractivity contribution in [2.24, 2.45) is 0 Å². The van der Waals surface area contributed by atoms with Crippen LogP contribution in [0.1, 0.15) is 26.2 Å². The van der Waals surface area contributed by atoms with Gasteiger partial charge >= 0.3 is 0 Å². The number of thiophene rings is 1. The van der Waals surface area contributed by atoms with Gasteiger partial charge in [-0.2, -0.15) is 0 Å². The van der Waals surface area contributed by atoms with Crippen molar-refractivity contribution in [3.05, 3.63) is 24.1 Å². The molecule has 11 heavy (non-hydrogen) atoms. The average molecular weight is 169 g/mol. The van der Waals surface area contributed by atoms with Gasteiger partial charge in [-0.25, -0.2) is 0 Å². The average Bonchev–Trinajstić information content (AvgIpc) is 2.50. The fourth-order valence-electron chi connectivity index (χ4n) is 0.759. The second-order valence-electron chi connectivity index (χ2n) is 2.36. The van der Waals surface area contributed by atoms with Gasteiger partial charge in [0.15, 0.2) is 5.06 Å². The van der Waals surface area contributed by atoms with Gasteiger partial charge in [-0.05, 0) is 30.4 Å². The molecule has 2 heteroatoms. The highest BCUT2D eigenvalue weighted by Gasteiger charge is 1.92. The number of hydrogen-bond donors (Lipinski definition) is 0. The third-order valence-electron chi connectivity index (χ3n) is 1.37. The summed E-state index contributed by atoms with van der Waals surface area (Å²) in [7, 11) is 0. The third kappa shape index (κ3) is 3.42. The Morgan fingerprint density at radius 3 is 3.18 bits per heavy atom. The van der Waals surface area contributed by atoms with Crippen molar-refractivity contribution in [3.63, 3.8) is 0 Å². The molecular weight excluding hydrogens is 156 g/mol. The van der Waals surface area contributed by atoms with Gasteiger partial charge in [-0.1, -0.05) is 13.3 Å². The molecular formula is C9H13OS. The predicted octanol–water partition coefficient (Wildman–Crippen LogP) is 3.48. The fourth-order valence-corrected chi connectivity index (χ4v) is 1.33. The minimum atomic E-state index is 0.987. The van der Waals surface area contributed by atoms with Crippen LogP contribution in [0, 0.1) is 6.61 Å². The molecule has 0 atom stereocenters. The van der Waals surface area contributed by atoms with E-state index in [4.69, 9.17) is 4.74 Å². The Hall–Kier alpha value is -0.500. The lowest BCUT2D eigenvalue weighted by atomic mass is 10.3. The van der Waals surface area contributed by atoms with Crippen LogP contribution in [-0.2, 0) is 0 Å². The molecule has 0 amide bonds. The van der Waals surface area contributed by atoms with Crippen LogP contribution >= 0.6 is 11.3 Å². The van der Waals surface area contributed by atoms with E-state index in [0.717, 1.165) is 11.5 Å². The molecule has 0 aromatic carbocycles. The lowest BCUT2D eigenvalue weighted by Crippen LogP contribution is -1.86. The van der Waals surface area contributed by atoms with Crippen LogP contribution in [0.3, 0.4) is 0 Å². The number of hydrogen-bond acceptors (Lipinski definition) is 2. The first-order chi connectivity index (χ1) is 5.43. The van der Waals surface area contributed by atoms with Crippen LogP contribution < -0.4 is 4.74 Å². The summed E-state index contributed by atoms with van der Waals surface area (Å²) in [6.45, 7) is 4.06. The van der Waals surface area contributed by atoms with E-state index in [2.05, 4.69) is 6.92 Å². The van der Waals surface area contributed by atoms with Crippen LogP contribution in [0.25, 0.3) is 0 Å². The lowest BCUT2D eigenvalue weighted by Gasteiger charge is -1.99. The first-order valence-electron chi connectivity index (χ1n) is 3.95. The Bertz CT molecular complexity index is 170. The van der Waals surface area contributed by atoms with Gasteiger partial charge in [-0.3, -0.25) is 0 Å². The Kier molecular flexibility index (Phi) is 4.06. The summed E-state index contributed by atoms with van der Waals surface area (Å²) in [4.78, 5) is 0. The van der Waals surface area contributed by atoms with Crippen LogP contribution in [-0.4, -0.2) is 0 Å². The normalized spacial score (nSPS) is 9.91. The lowest BCUT2D eigenvalue weighted by molar-refractivity contribution is 0.396. The van der Waals surface area contributed by atoms with Gasteiger partial charge < -0.3 is 4.74 Å². The van der Waals surface area contributed by atoms with Crippen molar-refractivity contribution in [2.45, 2.75) is 26.2 Å². The topological polar surface area (TPSA) is 9.23 Å².